The lowest BCUT2D eigenvalue weighted by Gasteiger charge is -2.26. The minimum atomic E-state index is -3.17. The Morgan fingerprint density at radius 2 is 1.63 bits per heavy atom. The van der Waals surface area contributed by atoms with Crippen LogP contribution in [0.2, 0.25) is 0 Å². The van der Waals surface area contributed by atoms with Gasteiger partial charge in [-0.15, -0.1) is 0 Å². The van der Waals surface area contributed by atoms with E-state index in [1.807, 2.05) is 36.4 Å². The topological polar surface area (TPSA) is 76.7 Å². The molecular formula is C21H22F2N3O-. The second kappa shape index (κ2) is 9.79. The van der Waals surface area contributed by atoms with Gasteiger partial charge in [-0.2, -0.15) is 5.26 Å². The number of nitrogens with one attached hydrogen (secondary N) is 2. The van der Waals surface area contributed by atoms with E-state index in [1.165, 1.54) is 0 Å². The Labute approximate surface area is 158 Å². The van der Waals surface area contributed by atoms with Crippen LogP contribution in [0, 0.1) is 11.3 Å². The van der Waals surface area contributed by atoms with Gasteiger partial charge in [0.1, 0.15) is 6.04 Å². The third-order valence-electron chi connectivity index (χ3n) is 4.16. The van der Waals surface area contributed by atoms with E-state index in [2.05, 4.69) is 5.32 Å². The molecule has 6 heteroatoms. The van der Waals surface area contributed by atoms with Gasteiger partial charge in [0, 0.05) is 12.8 Å². The zero-order valence-electron chi connectivity index (χ0n) is 14.9. The summed E-state index contributed by atoms with van der Waals surface area (Å²) in [6, 6.07) is 17.2. The van der Waals surface area contributed by atoms with Gasteiger partial charge in [0.15, 0.2) is 0 Å². The van der Waals surface area contributed by atoms with Gasteiger partial charge >= 0.3 is 0 Å². The molecule has 0 fully saturated rings. The maximum absolute atomic E-state index is 14.1. The molecule has 0 saturated carbocycles. The molecule has 2 aromatic rings. The molecule has 2 atom stereocenters. The molecule has 1 amide bonds. The molecule has 0 aliphatic rings. The standard InChI is InChI=1S/C21H22F2N3O/c22-21(23,13-17-9-5-2-6-10-17)14-19(25)20(27)26-18(15-24)12-11-16-7-3-1-4-8-16/h1-10,18-19,25H,11-14H2,(H,26,27)/q-1/t18-,19-/m0/s1. The summed E-state index contributed by atoms with van der Waals surface area (Å²) in [6.45, 7) is 0. The maximum Gasteiger partial charge on any atom is 0.251 e. The van der Waals surface area contributed by atoms with Crippen LogP contribution < -0.4 is 5.32 Å². The molecule has 2 aromatic carbocycles. The van der Waals surface area contributed by atoms with Crippen molar-refractivity contribution < 1.29 is 13.6 Å². The molecule has 0 unspecified atom stereocenters. The van der Waals surface area contributed by atoms with Crippen molar-refractivity contribution in [1.29, 1.82) is 5.26 Å². The van der Waals surface area contributed by atoms with Crippen LogP contribution in [0.4, 0.5) is 8.78 Å². The van der Waals surface area contributed by atoms with E-state index in [0.29, 0.717) is 18.4 Å². The first kappa shape index (κ1) is 20.5. The molecule has 0 radical (unpaired) electrons. The molecule has 0 bridgehead atoms. The molecule has 27 heavy (non-hydrogen) atoms. The minimum absolute atomic E-state index is 0.360. The van der Waals surface area contributed by atoms with Crippen LogP contribution in [0.25, 0.3) is 5.73 Å². The summed E-state index contributed by atoms with van der Waals surface area (Å²) in [5.41, 5.74) is 9.23. The molecule has 0 spiro atoms. The molecule has 4 nitrogen and oxygen atoms in total. The molecule has 0 aliphatic carbocycles. The van der Waals surface area contributed by atoms with Crippen LogP contribution in [-0.2, 0) is 17.6 Å². The number of benzene rings is 2. The van der Waals surface area contributed by atoms with Gasteiger partial charge in [-0.1, -0.05) is 66.7 Å². The largest absolute Gasteiger partial charge is 0.667 e. The number of carbonyl (C=O) groups excluding carboxylic acids is 1. The summed E-state index contributed by atoms with van der Waals surface area (Å²) in [4.78, 5) is 12.1. The van der Waals surface area contributed by atoms with E-state index < -0.39 is 36.8 Å². The van der Waals surface area contributed by atoms with Crippen LogP contribution in [0.15, 0.2) is 60.7 Å². The van der Waals surface area contributed by atoms with Crippen molar-refractivity contribution in [2.24, 2.45) is 0 Å². The Hall–Kier alpha value is -2.78. The fourth-order valence-electron chi connectivity index (χ4n) is 2.75. The summed E-state index contributed by atoms with van der Waals surface area (Å²) in [5, 5.41) is 11.6. The fraction of sp³-hybridized carbons (Fsp3) is 0.333. The number of amides is 1. The highest BCUT2D eigenvalue weighted by Gasteiger charge is 2.31. The van der Waals surface area contributed by atoms with Crippen molar-refractivity contribution in [2.45, 2.75) is 43.7 Å². The minimum Gasteiger partial charge on any atom is -0.667 e. The quantitative estimate of drug-likeness (QED) is 0.714. The predicted molar refractivity (Wildman–Crippen MR) is 100 cm³/mol. The van der Waals surface area contributed by atoms with Gasteiger partial charge in [-0.05, 0) is 24.0 Å². The van der Waals surface area contributed by atoms with Crippen molar-refractivity contribution in [3.05, 3.63) is 77.5 Å². The first-order chi connectivity index (χ1) is 12.9. The van der Waals surface area contributed by atoms with Crippen LogP contribution in [0.5, 0.6) is 0 Å². The number of halogens is 2. The van der Waals surface area contributed by atoms with Gasteiger partial charge < -0.3 is 11.1 Å². The monoisotopic (exact) mass is 370 g/mol. The van der Waals surface area contributed by atoms with E-state index in [4.69, 9.17) is 5.73 Å². The molecular weight excluding hydrogens is 348 g/mol. The van der Waals surface area contributed by atoms with Crippen molar-refractivity contribution in [2.75, 3.05) is 0 Å². The summed E-state index contributed by atoms with van der Waals surface area (Å²) < 4.78 is 28.3. The van der Waals surface area contributed by atoms with Crippen molar-refractivity contribution >= 4 is 5.91 Å². The smallest absolute Gasteiger partial charge is 0.251 e. The molecule has 0 aromatic heterocycles. The third kappa shape index (κ3) is 7.16. The fourth-order valence-corrected chi connectivity index (χ4v) is 2.75. The van der Waals surface area contributed by atoms with Gasteiger partial charge in [0.05, 0.1) is 6.07 Å². The molecule has 0 aliphatic heterocycles. The second-order valence-corrected chi connectivity index (χ2v) is 6.49. The maximum atomic E-state index is 14.1. The second-order valence-electron chi connectivity index (χ2n) is 6.49. The average Bonchev–Trinajstić information content (AvgIpc) is 2.65. The molecule has 0 heterocycles. The van der Waals surface area contributed by atoms with Crippen LogP contribution in [0.1, 0.15) is 24.0 Å². The van der Waals surface area contributed by atoms with E-state index in [-0.39, 0.29) is 0 Å². The summed E-state index contributed by atoms with van der Waals surface area (Å²) in [6.07, 6.45) is -0.470. The first-order valence-electron chi connectivity index (χ1n) is 8.76. The summed E-state index contributed by atoms with van der Waals surface area (Å²) >= 11 is 0. The number of rotatable bonds is 9. The highest BCUT2D eigenvalue weighted by atomic mass is 19.3. The molecule has 2 N–H and O–H groups in total. The highest BCUT2D eigenvalue weighted by Crippen LogP contribution is 2.26. The predicted octanol–water partition coefficient (Wildman–Crippen LogP) is 4.32. The van der Waals surface area contributed by atoms with E-state index in [1.54, 1.807) is 30.3 Å². The average molecular weight is 370 g/mol. The normalized spacial score (nSPS) is 13.4. The SMILES string of the molecule is N#C[C@H](CCc1ccccc1)NC(=O)[C@@H]([NH-])CC(F)(F)Cc1ccccc1. The van der Waals surface area contributed by atoms with Crippen LogP contribution in [0.3, 0.4) is 0 Å². The van der Waals surface area contributed by atoms with Crippen molar-refractivity contribution in [1.82, 2.24) is 5.32 Å². The third-order valence-corrected chi connectivity index (χ3v) is 4.16. The summed E-state index contributed by atoms with van der Waals surface area (Å²) in [5.74, 6) is -4.01. The Morgan fingerprint density at radius 1 is 1.07 bits per heavy atom. The van der Waals surface area contributed by atoms with Crippen LogP contribution >= 0.6 is 0 Å². The lowest BCUT2D eigenvalue weighted by atomic mass is 10.00. The Balaban J connectivity index is 1.84. The Morgan fingerprint density at radius 3 is 2.19 bits per heavy atom. The number of alkyl halides is 2. The Bertz CT molecular complexity index is 760. The zero-order valence-corrected chi connectivity index (χ0v) is 14.9. The van der Waals surface area contributed by atoms with Gasteiger partial charge in [0.2, 0.25) is 5.91 Å². The van der Waals surface area contributed by atoms with Gasteiger partial charge in [0.25, 0.3) is 5.92 Å². The molecule has 0 saturated heterocycles. The Kier molecular flexibility index (Phi) is 7.44. The lowest BCUT2D eigenvalue weighted by Crippen LogP contribution is -2.42. The summed E-state index contributed by atoms with van der Waals surface area (Å²) in [7, 11) is 0. The van der Waals surface area contributed by atoms with Crippen LogP contribution in [-0.4, -0.2) is 23.9 Å². The highest BCUT2D eigenvalue weighted by molar-refractivity contribution is 5.83. The number of nitriles is 1. The van der Waals surface area contributed by atoms with Crippen molar-refractivity contribution in [3.63, 3.8) is 0 Å². The van der Waals surface area contributed by atoms with E-state index in [9.17, 15) is 18.8 Å². The first-order valence-corrected chi connectivity index (χ1v) is 8.76. The van der Waals surface area contributed by atoms with Crippen molar-refractivity contribution in [3.8, 4) is 6.07 Å². The molecule has 142 valence electrons. The van der Waals surface area contributed by atoms with E-state index in [0.717, 1.165) is 5.56 Å². The number of carbonyl (C=O) groups is 1. The zero-order chi connectivity index (χ0) is 19.7. The number of nitrogens with zero attached hydrogens (tertiary/aromatic N) is 1. The number of hydrogen-bond acceptors (Lipinski definition) is 2. The van der Waals surface area contributed by atoms with Gasteiger partial charge in [-0.25, -0.2) is 8.78 Å². The lowest BCUT2D eigenvalue weighted by molar-refractivity contribution is -0.124. The van der Waals surface area contributed by atoms with E-state index >= 15 is 0 Å². The number of aryl methyl sites for hydroxylation is 1. The number of hydrogen-bond donors (Lipinski definition) is 1. The van der Waals surface area contributed by atoms with Gasteiger partial charge in [-0.3, -0.25) is 4.79 Å². The molecule has 2 rings (SSSR count).